The summed E-state index contributed by atoms with van der Waals surface area (Å²) in [5.41, 5.74) is 1.39. The zero-order valence-electron chi connectivity index (χ0n) is 7.32. The molecule has 0 unspecified atom stereocenters. The molecule has 0 aromatic heterocycles. The molecule has 0 aliphatic heterocycles. The van der Waals surface area contributed by atoms with Crippen molar-refractivity contribution in [2.45, 2.75) is 39.5 Å². The molecule has 0 N–H and O–H groups in total. The molecular weight excluding hydrogens is 120 g/mol. The third-order valence-corrected chi connectivity index (χ3v) is 1.48. The lowest BCUT2D eigenvalue weighted by Crippen LogP contribution is -1.90. The second-order valence-electron chi connectivity index (χ2n) is 3.31. The Morgan fingerprint density at radius 3 is 2.40 bits per heavy atom. The molecule has 0 bridgehead atoms. The van der Waals surface area contributed by atoms with Gasteiger partial charge < -0.3 is 0 Å². The summed E-state index contributed by atoms with van der Waals surface area (Å²) >= 11 is 0. The Morgan fingerprint density at radius 1 is 1.40 bits per heavy atom. The van der Waals surface area contributed by atoms with Crippen LogP contribution in [0.2, 0.25) is 0 Å². The molecule has 0 spiro atoms. The van der Waals surface area contributed by atoms with Crippen LogP contribution in [0.4, 0.5) is 0 Å². The first-order valence-corrected chi connectivity index (χ1v) is 4.12. The predicted octanol–water partition coefficient (Wildman–Crippen LogP) is 3.59. The van der Waals surface area contributed by atoms with E-state index in [1.54, 1.807) is 0 Å². The van der Waals surface area contributed by atoms with Gasteiger partial charge in [0.25, 0.3) is 0 Å². The molecule has 0 rings (SSSR count). The first-order chi connectivity index (χ1) is 4.66. The van der Waals surface area contributed by atoms with Crippen LogP contribution in [0.3, 0.4) is 0 Å². The summed E-state index contributed by atoms with van der Waals surface area (Å²) in [4.78, 5) is 0. The Hall–Kier alpha value is -0.260. The van der Waals surface area contributed by atoms with Crippen LogP contribution < -0.4 is 0 Å². The van der Waals surface area contributed by atoms with Crippen LogP contribution in [0.5, 0.6) is 0 Å². The molecule has 0 atom stereocenters. The Morgan fingerprint density at radius 2 is 2.00 bits per heavy atom. The van der Waals surface area contributed by atoms with Gasteiger partial charge in [0.2, 0.25) is 0 Å². The highest BCUT2D eigenvalue weighted by atomic mass is 14.0. The van der Waals surface area contributed by atoms with Gasteiger partial charge in [-0.05, 0) is 25.2 Å². The molecule has 0 aromatic carbocycles. The molecule has 0 fully saturated rings. The maximum Gasteiger partial charge on any atom is -0.0300 e. The summed E-state index contributed by atoms with van der Waals surface area (Å²) in [7, 11) is 0. The molecule has 0 aromatic rings. The molecular formula is C10H19. The molecule has 0 nitrogen and oxygen atoms in total. The van der Waals surface area contributed by atoms with Crippen LogP contribution in [0.1, 0.15) is 39.5 Å². The normalized spacial score (nSPS) is 10.4. The third-order valence-electron chi connectivity index (χ3n) is 1.48. The van der Waals surface area contributed by atoms with E-state index in [0.717, 1.165) is 12.3 Å². The number of rotatable bonds is 5. The van der Waals surface area contributed by atoms with E-state index in [0.29, 0.717) is 0 Å². The molecule has 0 aliphatic rings. The third kappa shape index (κ3) is 5.87. The fourth-order valence-corrected chi connectivity index (χ4v) is 1.05. The SMILES string of the molecule is [CH2]CCCC(=C)CC(C)C. The van der Waals surface area contributed by atoms with Crippen molar-refractivity contribution in [3.8, 4) is 0 Å². The number of hydrogen-bond donors (Lipinski definition) is 0. The Bertz CT molecular complexity index is 90.2. The van der Waals surface area contributed by atoms with Gasteiger partial charge in [-0.25, -0.2) is 0 Å². The van der Waals surface area contributed by atoms with Crippen molar-refractivity contribution in [2.24, 2.45) is 5.92 Å². The monoisotopic (exact) mass is 139 g/mol. The second-order valence-corrected chi connectivity index (χ2v) is 3.31. The van der Waals surface area contributed by atoms with Crippen molar-refractivity contribution in [3.05, 3.63) is 19.1 Å². The lowest BCUT2D eigenvalue weighted by Gasteiger charge is -2.06. The van der Waals surface area contributed by atoms with E-state index in [9.17, 15) is 0 Å². The summed E-state index contributed by atoms with van der Waals surface area (Å²) in [5.74, 6) is 0.761. The van der Waals surface area contributed by atoms with Gasteiger partial charge in [0.15, 0.2) is 0 Å². The molecule has 0 heteroatoms. The van der Waals surface area contributed by atoms with E-state index in [4.69, 9.17) is 0 Å². The smallest absolute Gasteiger partial charge is 0.0300 e. The lowest BCUT2D eigenvalue weighted by atomic mass is 10.0. The van der Waals surface area contributed by atoms with Crippen LogP contribution in [0, 0.1) is 12.8 Å². The maximum absolute atomic E-state index is 4.00. The summed E-state index contributed by atoms with van der Waals surface area (Å²) in [6.07, 6.45) is 4.59. The molecule has 0 heterocycles. The molecule has 59 valence electrons. The van der Waals surface area contributed by atoms with Crippen molar-refractivity contribution in [1.29, 1.82) is 0 Å². The molecule has 0 aliphatic carbocycles. The fourth-order valence-electron chi connectivity index (χ4n) is 1.05. The minimum absolute atomic E-state index is 0.761. The van der Waals surface area contributed by atoms with Gasteiger partial charge in [-0.15, -0.1) is 0 Å². The van der Waals surface area contributed by atoms with Crippen LogP contribution >= 0.6 is 0 Å². The molecule has 10 heavy (non-hydrogen) atoms. The minimum atomic E-state index is 0.761. The van der Waals surface area contributed by atoms with Crippen molar-refractivity contribution < 1.29 is 0 Å². The number of unbranched alkanes of at least 4 members (excludes halogenated alkanes) is 1. The largest absolute Gasteiger partial charge is 0.0999 e. The van der Waals surface area contributed by atoms with Gasteiger partial charge in [0.1, 0.15) is 0 Å². The zero-order valence-corrected chi connectivity index (χ0v) is 7.32. The second kappa shape index (κ2) is 5.52. The van der Waals surface area contributed by atoms with Crippen LogP contribution in [-0.4, -0.2) is 0 Å². The van der Waals surface area contributed by atoms with E-state index < -0.39 is 0 Å². The zero-order chi connectivity index (χ0) is 7.98. The van der Waals surface area contributed by atoms with Crippen molar-refractivity contribution in [2.75, 3.05) is 0 Å². The summed E-state index contributed by atoms with van der Waals surface area (Å²) in [6.45, 7) is 12.3. The Balaban J connectivity index is 3.26. The summed E-state index contributed by atoms with van der Waals surface area (Å²) < 4.78 is 0. The van der Waals surface area contributed by atoms with Crippen molar-refractivity contribution in [1.82, 2.24) is 0 Å². The minimum Gasteiger partial charge on any atom is -0.0999 e. The first-order valence-electron chi connectivity index (χ1n) is 4.12. The van der Waals surface area contributed by atoms with Crippen LogP contribution in [-0.2, 0) is 0 Å². The van der Waals surface area contributed by atoms with Crippen molar-refractivity contribution >= 4 is 0 Å². The van der Waals surface area contributed by atoms with Gasteiger partial charge in [0, 0.05) is 0 Å². The topological polar surface area (TPSA) is 0 Å². The standard InChI is InChI=1S/C10H19/c1-5-6-7-10(4)8-9(2)3/h9H,1,4-8H2,2-3H3. The van der Waals surface area contributed by atoms with E-state index in [2.05, 4.69) is 27.4 Å². The molecule has 0 saturated heterocycles. The lowest BCUT2D eigenvalue weighted by molar-refractivity contribution is 0.619. The van der Waals surface area contributed by atoms with Crippen molar-refractivity contribution in [3.63, 3.8) is 0 Å². The number of allylic oxidation sites excluding steroid dienone is 1. The van der Waals surface area contributed by atoms with E-state index in [-0.39, 0.29) is 0 Å². The van der Waals surface area contributed by atoms with Gasteiger partial charge >= 0.3 is 0 Å². The summed E-state index contributed by atoms with van der Waals surface area (Å²) in [6, 6.07) is 0. The quantitative estimate of drug-likeness (QED) is 0.510. The highest BCUT2D eigenvalue weighted by Crippen LogP contribution is 2.14. The fraction of sp³-hybridized carbons (Fsp3) is 0.700. The Labute approximate surface area is 65.3 Å². The van der Waals surface area contributed by atoms with E-state index in [1.165, 1.54) is 24.8 Å². The van der Waals surface area contributed by atoms with Gasteiger partial charge in [-0.1, -0.05) is 39.3 Å². The predicted molar refractivity (Wildman–Crippen MR) is 47.8 cm³/mol. The van der Waals surface area contributed by atoms with Gasteiger partial charge in [-0.3, -0.25) is 0 Å². The molecule has 1 radical (unpaired) electrons. The van der Waals surface area contributed by atoms with Crippen LogP contribution in [0.15, 0.2) is 12.2 Å². The Kier molecular flexibility index (Phi) is 5.38. The molecule has 0 amide bonds. The highest BCUT2D eigenvalue weighted by Gasteiger charge is 1.97. The highest BCUT2D eigenvalue weighted by molar-refractivity contribution is 4.94. The maximum atomic E-state index is 4.00. The average Bonchev–Trinajstić information content (AvgIpc) is 1.82. The average molecular weight is 139 g/mol. The first kappa shape index (κ1) is 9.74. The number of hydrogen-bond acceptors (Lipinski definition) is 0. The molecule has 0 saturated carbocycles. The van der Waals surface area contributed by atoms with E-state index in [1.807, 2.05) is 0 Å². The van der Waals surface area contributed by atoms with Gasteiger partial charge in [-0.2, -0.15) is 0 Å². The van der Waals surface area contributed by atoms with E-state index >= 15 is 0 Å². The van der Waals surface area contributed by atoms with Crippen LogP contribution in [0.25, 0.3) is 0 Å². The van der Waals surface area contributed by atoms with Gasteiger partial charge in [0.05, 0.1) is 0 Å². The summed E-state index contributed by atoms with van der Waals surface area (Å²) in [5, 5.41) is 0.